The van der Waals surface area contributed by atoms with Gasteiger partial charge in [-0.15, -0.1) is 0 Å². The molecule has 1 aliphatic carbocycles. The van der Waals surface area contributed by atoms with Gasteiger partial charge in [-0.25, -0.2) is 0 Å². The summed E-state index contributed by atoms with van der Waals surface area (Å²) in [6.07, 6.45) is 6.50. The van der Waals surface area contributed by atoms with E-state index >= 15 is 0 Å². The van der Waals surface area contributed by atoms with Crippen LogP contribution in [0.2, 0.25) is 6.04 Å². The van der Waals surface area contributed by atoms with Crippen LogP contribution >= 0.6 is 0 Å². The predicted octanol–water partition coefficient (Wildman–Crippen LogP) is 5.10. The Hall–Kier alpha value is -3.96. The molecule has 39 heavy (non-hydrogen) atoms. The first kappa shape index (κ1) is 28.1. The molecule has 0 spiro atoms. The Labute approximate surface area is 232 Å². The van der Waals surface area contributed by atoms with E-state index in [4.69, 9.17) is 9.47 Å². The number of ether oxygens (including phenoxy) is 2. The molecule has 0 amide bonds. The summed E-state index contributed by atoms with van der Waals surface area (Å²) in [6.45, 7) is 7.88. The Morgan fingerprint density at radius 1 is 0.744 bits per heavy atom. The van der Waals surface area contributed by atoms with Crippen LogP contribution in [0, 0.1) is 5.41 Å². The van der Waals surface area contributed by atoms with Gasteiger partial charge in [0, 0.05) is 0 Å². The van der Waals surface area contributed by atoms with E-state index in [1.54, 1.807) is 19.9 Å². The van der Waals surface area contributed by atoms with Gasteiger partial charge in [-0.3, -0.25) is 9.59 Å². The molecule has 0 atom stereocenters. The molecule has 3 aromatic carbocycles. The van der Waals surface area contributed by atoms with Crippen molar-refractivity contribution in [1.82, 2.24) is 0 Å². The first-order valence-corrected chi connectivity index (χ1v) is 15.7. The Kier molecular flexibility index (Phi) is 9.15. The molecular weight excluding hydrogens is 500 g/mol. The summed E-state index contributed by atoms with van der Waals surface area (Å²) >= 11 is 0. The fourth-order valence-electron chi connectivity index (χ4n) is 5.62. The summed E-state index contributed by atoms with van der Waals surface area (Å²) in [5, 5.41) is 3.97. The van der Waals surface area contributed by atoms with E-state index in [2.05, 4.69) is 110 Å². The molecule has 0 bridgehead atoms. The number of carbonyl (C=O) groups excluding carboxylic acids is 2. The summed E-state index contributed by atoms with van der Waals surface area (Å²) in [6, 6.07) is 33.0. The topological polar surface area (TPSA) is 52.6 Å². The zero-order valence-electron chi connectivity index (χ0n) is 22.8. The van der Waals surface area contributed by atoms with Crippen molar-refractivity contribution in [3.05, 3.63) is 127 Å². The minimum atomic E-state index is -2.45. The normalized spacial score (nSPS) is 14.8. The van der Waals surface area contributed by atoms with Gasteiger partial charge >= 0.3 is 11.9 Å². The van der Waals surface area contributed by atoms with Crippen LogP contribution in [0.15, 0.2) is 127 Å². The molecular formula is C34H36O4Si. The summed E-state index contributed by atoms with van der Waals surface area (Å²) in [5.41, 5.74) is 0.420. The zero-order chi connectivity index (χ0) is 27.7. The Balaban J connectivity index is 1.76. The fraction of sp³-hybridized carbons (Fsp3) is 0.235. The van der Waals surface area contributed by atoms with Crippen molar-refractivity contribution < 1.29 is 19.1 Å². The third-order valence-electron chi connectivity index (χ3n) is 7.52. The van der Waals surface area contributed by atoms with Gasteiger partial charge in [0.2, 0.25) is 0 Å². The van der Waals surface area contributed by atoms with Crippen LogP contribution in [0.1, 0.15) is 26.7 Å². The van der Waals surface area contributed by atoms with Gasteiger partial charge in [-0.1, -0.05) is 116 Å². The first-order valence-electron chi connectivity index (χ1n) is 13.5. The average Bonchev–Trinajstić information content (AvgIpc) is 3.37. The molecule has 0 fully saturated rings. The molecule has 0 aliphatic heterocycles. The van der Waals surface area contributed by atoms with Crippen molar-refractivity contribution in [3.8, 4) is 0 Å². The van der Waals surface area contributed by atoms with Gasteiger partial charge in [0.15, 0.2) is 13.5 Å². The number of esters is 2. The van der Waals surface area contributed by atoms with Crippen LogP contribution in [0.4, 0.5) is 0 Å². The van der Waals surface area contributed by atoms with E-state index in [9.17, 15) is 9.59 Å². The summed E-state index contributed by atoms with van der Waals surface area (Å²) in [7, 11) is -2.45. The van der Waals surface area contributed by atoms with Gasteiger partial charge in [-0.05, 0) is 59.4 Å². The third kappa shape index (κ3) is 5.59. The number of allylic oxidation sites excluding steroid dienone is 5. The Morgan fingerprint density at radius 2 is 1.15 bits per heavy atom. The smallest absolute Gasteiger partial charge is 0.324 e. The van der Waals surface area contributed by atoms with Crippen LogP contribution in [0.25, 0.3) is 0 Å². The average molecular weight is 537 g/mol. The van der Waals surface area contributed by atoms with Gasteiger partial charge < -0.3 is 9.47 Å². The van der Waals surface area contributed by atoms with Crippen LogP contribution in [0.3, 0.4) is 0 Å². The third-order valence-corrected chi connectivity index (χ3v) is 12.3. The molecule has 0 N–H and O–H groups in total. The Bertz CT molecular complexity index is 1230. The molecule has 4 rings (SSSR count). The molecule has 3 aromatic rings. The second-order valence-corrected chi connectivity index (χ2v) is 13.7. The SMILES string of the molecule is C=CC1=C(/C=C\C[Si](c2ccccc2)(c2ccccc2)c2ccccc2)CC(C(=O)OCC)(C(=O)OCC)C1. The maximum atomic E-state index is 13.1. The molecule has 0 saturated heterocycles. The van der Waals surface area contributed by atoms with Gasteiger partial charge in [0.05, 0.1) is 13.2 Å². The van der Waals surface area contributed by atoms with Crippen LogP contribution in [-0.2, 0) is 19.1 Å². The minimum absolute atomic E-state index is 0.202. The van der Waals surface area contributed by atoms with Crippen molar-refractivity contribution in [2.24, 2.45) is 5.41 Å². The summed E-state index contributed by atoms with van der Waals surface area (Å²) in [5.74, 6) is -1.07. The van der Waals surface area contributed by atoms with E-state index in [-0.39, 0.29) is 26.1 Å². The number of carbonyl (C=O) groups is 2. The monoisotopic (exact) mass is 536 g/mol. The van der Waals surface area contributed by atoms with Gasteiger partial charge in [-0.2, -0.15) is 0 Å². The van der Waals surface area contributed by atoms with Crippen LogP contribution < -0.4 is 15.6 Å². The van der Waals surface area contributed by atoms with Crippen molar-refractivity contribution >= 4 is 35.6 Å². The molecule has 1 aliphatic rings. The highest BCUT2D eigenvalue weighted by molar-refractivity contribution is 7.11. The highest BCUT2D eigenvalue weighted by atomic mass is 28.3. The molecule has 0 aromatic heterocycles. The summed E-state index contributed by atoms with van der Waals surface area (Å²) < 4.78 is 10.7. The minimum Gasteiger partial charge on any atom is -0.465 e. The van der Waals surface area contributed by atoms with E-state index < -0.39 is 25.4 Å². The molecule has 4 nitrogen and oxygen atoms in total. The predicted molar refractivity (Wildman–Crippen MR) is 160 cm³/mol. The lowest BCUT2D eigenvalue weighted by atomic mass is 9.83. The first-order chi connectivity index (χ1) is 19.0. The molecule has 5 heteroatoms. The quantitative estimate of drug-likeness (QED) is 0.148. The highest BCUT2D eigenvalue weighted by Gasteiger charge is 2.53. The molecule has 0 saturated carbocycles. The van der Waals surface area contributed by atoms with E-state index in [1.807, 2.05) is 0 Å². The van der Waals surface area contributed by atoms with Crippen molar-refractivity contribution in [2.45, 2.75) is 32.7 Å². The zero-order valence-corrected chi connectivity index (χ0v) is 23.8. The lowest BCUT2D eigenvalue weighted by Crippen LogP contribution is -2.66. The lowest BCUT2D eigenvalue weighted by molar-refractivity contribution is -0.171. The fourth-order valence-corrected chi connectivity index (χ4v) is 10.1. The van der Waals surface area contributed by atoms with Gasteiger partial charge in [0.1, 0.15) is 0 Å². The second kappa shape index (κ2) is 12.7. The number of benzene rings is 3. The highest BCUT2D eigenvalue weighted by Crippen LogP contribution is 2.45. The molecule has 0 unspecified atom stereocenters. The van der Waals surface area contributed by atoms with E-state index in [0.29, 0.717) is 0 Å². The molecule has 200 valence electrons. The van der Waals surface area contributed by atoms with Crippen molar-refractivity contribution in [1.29, 1.82) is 0 Å². The maximum absolute atomic E-state index is 13.1. The van der Waals surface area contributed by atoms with Gasteiger partial charge in [0.25, 0.3) is 0 Å². The standard InChI is InChI=1S/C34H36O4Si/c1-4-27-25-34(32(35)37-5-2,33(36)38-6-3)26-28(27)17-16-24-39(29-18-10-7-11-19-29,30-20-12-8-13-21-30)31-22-14-9-15-23-31/h4,7-23H,1,5-6,24-26H2,2-3H3/b17-16-. The Morgan fingerprint density at radius 3 is 1.54 bits per heavy atom. The molecule has 0 heterocycles. The van der Waals surface area contributed by atoms with Crippen LogP contribution in [-0.4, -0.2) is 33.2 Å². The summed E-state index contributed by atoms with van der Waals surface area (Å²) in [4.78, 5) is 26.2. The van der Waals surface area contributed by atoms with E-state index in [1.165, 1.54) is 15.6 Å². The number of rotatable bonds is 11. The maximum Gasteiger partial charge on any atom is 0.324 e. The lowest BCUT2D eigenvalue weighted by Gasteiger charge is -2.33. The van der Waals surface area contributed by atoms with Crippen LogP contribution in [0.5, 0.6) is 0 Å². The second-order valence-electron chi connectivity index (χ2n) is 9.74. The van der Waals surface area contributed by atoms with E-state index in [0.717, 1.165) is 17.2 Å². The van der Waals surface area contributed by atoms with Crippen molar-refractivity contribution in [3.63, 3.8) is 0 Å². The largest absolute Gasteiger partial charge is 0.465 e. The number of hydrogen-bond donors (Lipinski definition) is 0. The molecule has 0 radical (unpaired) electrons. The van der Waals surface area contributed by atoms with Crippen molar-refractivity contribution in [2.75, 3.05) is 13.2 Å². The number of hydrogen-bond acceptors (Lipinski definition) is 4.